The summed E-state index contributed by atoms with van der Waals surface area (Å²) >= 11 is 0. The van der Waals surface area contributed by atoms with Gasteiger partial charge in [0.1, 0.15) is 11.6 Å². The summed E-state index contributed by atoms with van der Waals surface area (Å²) in [6.45, 7) is 2.57. The first kappa shape index (κ1) is 26.0. The fraction of sp³-hybridized carbons (Fsp3) is 0.391. The normalized spacial score (nSPS) is 11.0. The molecule has 0 radical (unpaired) electrons. The SMILES string of the molecule is CCOC(=O)C(CC)Cc1ccc(OC)c(C(=O)NCc2ccc(F)cc2)c1.FCF. The summed E-state index contributed by atoms with van der Waals surface area (Å²) in [7, 11) is 1.50. The van der Waals surface area contributed by atoms with Gasteiger partial charge in [-0.1, -0.05) is 25.1 Å². The van der Waals surface area contributed by atoms with Crippen LogP contribution in [0.2, 0.25) is 0 Å². The first-order chi connectivity index (χ1) is 14.9. The summed E-state index contributed by atoms with van der Waals surface area (Å²) in [4.78, 5) is 24.7. The van der Waals surface area contributed by atoms with Crippen LogP contribution >= 0.6 is 0 Å². The van der Waals surface area contributed by atoms with Crippen molar-refractivity contribution in [1.82, 2.24) is 5.32 Å². The first-order valence-corrected chi connectivity index (χ1v) is 9.88. The van der Waals surface area contributed by atoms with Gasteiger partial charge in [0, 0.05) is 6.54 Å². The molecule has 1 unspecified atom stereocenters. The lowest BCUT2D eigenvalue weighted by Gasteiger charge is -2.15. The molecule has 2 rings (SSSR count). The standard InChI is InChI=1S/C22H26FNO4.CH2F2/c1-4-17(22(26)28-5-2)12-16-8-11-20(27-3)19(13-16)21(25)24-14-15-6-9-18(23)10-7-15;2-1-3/h6-11,13,17H,4-5,12,14H2,1-3H3,(H,24,25);1H2. The molecular weight excluding hydrogens is 411 g/mol. The topological polar surface area (TPSA) is 64.6 Å². The molecule has 0 saturated carbocycles. The summed E-state index contributed by atoms with van der Waals surface area (Å²) in [5, 5.41) is 2.81. The number of hydrogen-bond acceptors (Lipinski definition) is 4. The third kappa shape index (κ3) is 8.70. The van der Waals surface area contributed by atoms with E-state index in [4.69, 9.17) is 9.47 Å². The van der Waals surface area contributed by atoms with Gasteiger partial charge >= 0.3 is 5.97 Å². The van der Waals surface area contributed by atoms with E-state index in [-0.39, 0.29) is 30.2 Å². The molecular formula is C23H28F3NO4. The lowest BCUT2D eigenvalue weighted by molar-refractivity contribution is -0.148. The minimum absolute atomic E-state index is 0.233. The van der Waals surface area contributed by atoms with E-state index >= 15 is 0 Å². The maximum absolute atomic E-state index is 13.0. The quantitative estimate of drug-likeness (QED) is 0.571. The molecule has 1 amide bonds. The number of carbonyl (C=O) groups is 2. The highest BCUT2D eigenvalue weighted by Crippen LogP contribution is 2.23. The summed E-state index contributed by atoms with van der Waals surface area (Å²) in [6, 6.07) is 11.2. The molecule has 0 saturated heterocycles. The van der Waals surface area contributed by atoms with E-state index in [1.165, 1.54) is 19.2 Å². The van der Waals surface area contributed by atoms with Crippen molar-refractivity contribution < 1.29 is 32.2 Å². The van der Waals surface area contributed by atoms with Crippen LogP contribution in [0, 0.1) is 11.7 Å². The molecule has 0 heterocycles. The minimum Gasteiger partial charge on any atom is -0.496 e. The summed E-state index contributed by atoms with van der Waals surface area (Å²) in [5.41, 5.74) is 2.03. The van der Waals surface area contributed by atoms with Crippen LogP contribution in [0.5, 0.6) is 5.75 Å². The lowest BCUT2D eigenvalue weighted by Crippen LogP contribution is -2.24. The fourth-order valence-electron chi connectivity index (χ4n) is 2.88. The second kappa shape index (κ2) is 14.1. The van der Waals surface area contributed by atoms with Crippen molar-refractivity contribution in [2.24, 2.45) is 5.92 Å². The molecule has 0 aliphatic heterocycles. The Morgan fingerprint density at radius 3 is 2.19 bits per heavy atom. The predicted octanol–water partition coefficient (Wildman–Crippen LogP) is 4.78. The fourth-order valence-corrected chi connectivity index (χ4v) is 2.88. The van der Waals surface area contributed by atoms with Gasteiger partial charge in [0.25, 0.3) is 5.91 Å². The number of esters is 1. The van der Waals surface area contributed by atoms with Crippen LogP contribution in [-0.2, 0) is 22.5 Å². The second-order valence-electron chi connectivity index (χ2n) is 6.51. The minimum atomic E-state index is -1.75. The molecule has 0 fully saturated rings. The molecule has 31 heavy (non-hydrogen) atoms. The van der Waals surface area contributed by atoms with Crippen molar-refractivity contribution in [3.63, 3.8) is 0 Å². The number of nitrogens with one attached hydrogen (secondary N) is 1. The Balaban J connectivity index is 0.00000151. The van der Waals surface area contributed by atoms with Gasteiger partial charge in [-0.3, -0.25) is 9.59 Å². The van der Waals surface area contributed by atoms with Gasteiger partial charge in [-0.25, -0.2) is 13.2 Å². The highest BCUT2D eigenvalue weighted by molar-refractivity contribution is 5.97. The Bertz CT molecular complexity index is 828. The third-order valence-electron chi connectivity index (χ3n) is 4.47. The Morgan fingerprint density at radius 1 is 1.03 bits per heavy atom. The molecule has 0 aliphatic rings. The zero-order valence-electron chi connectivity index (χ0n) is 17.9. The molecule has 5 nitrogen and oxygen atoms in total. The maximum atomic E-state index is 13.0. The van der Waals surface area contributed by atoms with E-state index in [9.17, 15) is 22.8 Å². The Morgan fingerprint density at radius 2 is 1.65 bits per heavy atom. The molecule has 1 atom stereocenters. The Kier molecular flexibility index (Phi) is 11.8. The van der Waals surface area contributed by atoms with Gasteiger partial charge in [0.15, 0.2) is 0 Å². The number of benzene rings is 2. The zero-order chi connectivity index (χ0) is 23.2. The van der Waals surface area contributed by atoms with Gasteiger partial charge in [0.2, 0.25) is 6.93 Å². The van der Waals surface area contributed by atoms with E-state index in [1.54, 1.807) is 31.2 Å². The Labute approximate surface area is 180 Å². The average molecular weight is 439 g/mol. The number of alkyl halides is 2. The van der Waals surface area contributed by atoms with Crippen molar-refractivity contribution in [1.29, 1.82) is 0 Å². The summed E-state index contributed by atoms with van der Waals surface area (Å²) in [6.07, 6.45) is 1.13. The van der Waals surface area contributed by atoms with Crippen LogP contribution in [0.25, 0.3) is 0 Å². The first-order valence-electron chi connectivity index (χ1n) is 9.88. The van der Waals surface area contributed by atoms with Crippen molar-refractivity contribution in [2.75, 3.05) is 20.6 Å². The van der Waals surface area contributed by atoms with Crippen LogP contribution in [0.1, 0.15) is 41.8 Å². The molecule has 2 aromatic rings. The van der Waals surface area contributed by atoms with Crippen LogP contribution < -0.4 is 10.1 Å². The smallest absolute Gasteiger partial charge is 0.309 e. The number of rotatable bonds is 9. The summed E-state index contributed by atoms with van der Waals surface area (Å²) < 4.78 is 42.7. The highest BCUT2D eigenvalue weighted by Gasteiger charge is 2.20. The molecule has 2 aromatic carbocycles. The molecule has 1 N–H and O–H groups in total. The number of methoxy groups -OCH3 is 1. The van der Waals surface area contributed by atoms with Crippen molar-refractivity contribution >= 4 is 11.9 Å². The highest BCUT2D eigenvalue weighted by atomic mass is 19.3. The van der Waals surface area contributed by atoms with Crippen LogP contribution in [-0.4, -0.2) is 32.5 Å². The number of amides is 1. The van der Waals surface area contributed by atoms with Gasteiger partial charge in [-0.2, -0.15) is 0 Å². The van der Waals surface area contributed by atoms with Gasteiger partial charge < -0.3 is 14.8 Å². The third-order valence-corrected chi connectivity index (χ3v) is 4.47. The van der Waals surface area contributed by atoms with Crippen LogP contribution in [0.15, 0.2) is 42.5 Å². The zero-order valence-corrected chi connectivity index (χ0v) is 17.9. The number of hydrogen-bond donors (Lipinski definition) is 1. The second-order valence-corrected chi connectivity index (χ2v) is 6.51. The average Bonchev–Trinajstić information content (AvgIpc) is 2.77. The maximum Gasteiger partial charge on any atom is 0.309 e. The predicted molar refractivity (Wildman–Crippen MR) is 112 cm³/mol. The monoisotopic (exact) mass is 439 g/mol. The van der Waals surface area contributed by atoms with Crippen molar-refractivity contribution in [2.45, 2.75) is 33.2 Å². The summed E-state index contributed by atoms with van der Waals surface area (Å²) in [5.74, 6) is -0.667. The van der Waals surface area contributed by atoms with Crippen molar-refractivity contribution in [3.05, 3.63) is 65.0 Å². The van der Waals surface area contributed by atoms with E-state index in [0.717, 1.165) is 11.1 Å². The molecule has 0 spiro atoms. The largest absolute Gasteiger partial charge is 0.496 e. The number of ether oxygens (including phenoxy) is 2. The van der Waals surface area contributed by atoms with Crippen LogP contribution in [0.3, 0.4) is 0 Å². The lowest BCUT2D eigenvalue weighted by atomic mass is 9.95. The van der Waals surface area contributed by atoms with E-state index in [0.29, 0.717) is 30.8 Å². The molecule has 170 valence electrons. The molecule has 0 aromatic heterocycles. The van der Waals surface area contributed by atoms with Crippen molar-refractivity contribution in [3.8, 4) is 5.75 Å². The molecule has 0 aliphatic carbocycles. The van der Waals surface area contributed by atoms with Gasteiger partial charge in [0.05, 0.1) is 25.2 Å². The van der Waals surface area contributed by atoms with E-state index in [2.05, 4.69) is 5.32 Å². The Hall–Kier alpha value is -3.03. The number of carbonyl (C=O) groups excluding carboxylic acids is 2. The van der Waals surface area contributed by atoms with Gasteiger partial charge in [-0.05, 0) is 55.2 Å². The molecule has 0 bridgehead atoms. The van der Waals surface area contributed by atoms with E-state index in [1.807, 2.05) is 13.0 Å². The molecule has 8 heteroatoms. The van der Waals surface area contributed by atoms with Gasteiger partial charge in [-0.15, -0.1) is 0 Å². The van der Waals surface area contributed by atoms with Crippen LogP contribution in [0.4, 0.5) is 13.2 Å². The number of halogens is 3. The van der Waals surface area contributed by atoms with E-state index < -0.39 is 6.93 Å².